The highest BCUT2D eigenvalue weighted by molar-refractivity contribution is 5.44. The average Bonchev–Trinajstić information content (AvgIpc) is 2.58. The number of rotatable bonds is 0. The fraction of sp³-hybridized carbons (Fsp3) is 0.750. The Bertz CT molecular complexity index is 211. The third-order valence-corrected chi connectivity index (χ3v) is 3.24. The van der Waals surface area contributed by atoms with Gasteiger partial charge in [0.2, 0.25) is 0 Å². The summed E-state index contributed by atoms with van der Waals surface area (Å²) < 4.78 is 0. The van der Waals surface area contributed by atoms with Gasteiger partial charge >= 0.3 is 0 Å². The van der Waals surface area contributed by atoms with Crippen molar-refractivity contribution in [2.24, 2.45) is 5.41 Å². The van der Waals surface area contributed by atoms with E-state index in [1.54, 1.807) is 5.57 Å². The van der Waals surface area contributed by atoms with Crippen LogP contribution in [-0.2, 0) is 0 Å². The van der Waals surface area contributed by atoms with Crippen molar-refractivity contribution >= 4 is 0 Å². The van der Waals surface area contributed by atoms with Gasteiger partial charge in [0, 0.05) is 5.70 Å². The molecule has 48 valence electrons. The maximum Gasteiger partial charge on any atom is 0.0549 e. The first-order valence-electron chi connectivity index (χ1n) is 3.78. The lowest BCUT2D eigenvalue weighted by atomic mass is 9.66. The van der Waals surface area contributed by atoms with Crippen LogP contribution in [0.2, 0.25) is 0 Å². The molecule has 9 heavy (non-hydrogen) atoms. The summed E-state index contributed by atoms with van der Waals surface area (Å²) in [6.07, 6.45) is 4.40. The number of fused-ring (bicyclic) bond motifs is 2. The molecule has 1 heterocycles. The minimum atomic E-state index is 0.800. The van der Waals surface area contributed by atoms with E-state index in [2.05, 4.69) is 12.2 Å². The predicted octanol–water partition coefficient (Wildman–Crippen LogP) is 1.42. The van der Waals surface area contributed by atoms with Crippen molar-refractivity contribution in [3.05, 3.63) is 11.3 Å². The third kappa shape index (κ3) is 0.305. The Balaban J connectivity index is 1.98. The molecule has 1 heteroatoms. The van der Waals surface area contributed by atoms with Crippen molar-refractivity contribution < 1.29 is 0 Å². The second kappa shape index (κ2) is 0.938. The second-order valence-corrected chi connectivity index (χ2v) is 3.77. The molecule has 0 saturated heterocycles. The van der Waals surface area contributed by atoms with E-state index in [1.165, 1.54) is 25.0 Å². The number of hydrogen-bond donors (Lipinski definition) is 1. The van der Waals surface area contributed by atoms with Gasteiger partial charge in [0.1, 0.15) is 0 Å². The number of nitrogens with one attached hydrogen (secondary N) is 1. The van der Waals surface area contributed by atoms with Crippen LogP contribution in [0.5, 0.6) is 0 Å². The Labute approximate surface area is 55.1 Å². The Morgan fingerprint density at radius 3 is 2.67 bits per heavy atom. The van der Waals surface area contributed by atoms with Crippen LogP contribution >= 0.6 is 0 Å². The fourth-order valence-electron chi connectivity index (χ4n) is 2.27. The van der Waals surface area contributed by atoms with Crippen LogP contribution in [0.25, 0.3) is 0 Å². The highest BCUT2D eigenvalue weighted by atomic mass is 15.1. The first kappa shape index (κ1) is 4.37. The van der Waals surface area contributed by atoms with Gasteiger partial charge in [0.05, 0.1) is 6.04 Å². The summed E-state index contributed by atoms with van der Waals surface area (Å²) in [5.74, 6) is 0. The maximum atomic E-state index is 3.47. The first-order valence-corrected chi connectivity index (χ1v) is 3.78. The van der Waals surface area contributed by atoms with Gasteiger partial charge in [-0.25, -0.2) is 0 Å². The summed E-state index contributed by atoms with van der Waals surface area (Å²) in [5.41, 5.74) is 4.00. The van der Waals surface area contributed by atoms with Crippen LogP contribution in [-0.4, -0.2) is 6.04 Å². The monoisotopic (exact) mass is 121 g/mol. The number of hydrogen-bond acceptors (Lipinski definition) is 1. The Morgan fingerprint density at radius 2 is 2.33 bits per heavy atom. The minimum Gasteiger partial charge on any atom is -0.381 e. The van der Waals surface area contributed by atoms with Gasteiger partial charge < -0.3 is 5.32 Å². The zero-order valence-electron chi connectivity index (χ0n) is 5.70. The van der Waals surface area contributed by atoms with Crippen LogP contribution in [0.15, 0.2) is 11.3 Å². The molecule has 2 saturated carbocycles. The molecule has 3 aliphatic rings. The molecule has 0 aromatic heterocycles. The van der Waals surface area contributed by atoms with Gasteiger partial charge in [0.15, 0.2) is 0 Å². The van der Waals surface area contributed by atoms with E-state index in [-0.39, 0.29) is 0 Å². The zero-order chi connectivity index (χ0) is 6.06. The smallest absolute Gasteiger partial charge is 0.0549 e. The molecular weight excluding hydrogens is 110 g/mol. The van der Waals surface area contributed by atoms with E-state index >= 15 is 0 Å². The first-order chi connectivity index (χ1) is 4.32. The highest BCUT2D eigenvalue weighted by Crippen LogP contribution is 2.66. The molecule has 0 aromatic rings. The molecule has 1 spiro atoms. The normalized spacial score (nSPS) is 40.8. The van der Waals surface area contributed by atoms with Crippen molar-refractivity contribution in [1.29, 1.82) is 0 Å². The van der Waals surface area contributed by atoms with Crippen LogP contribution in [0.4, 0.5) is 0 Å². The molecule has 1 N–H and O–H groups in total. The molecule has 3 rings (SSSR count). The molecule has 1 nitrogen and oxygen atoms in total. The summed E-state index contributed by atoms with van der Waals surface area (Å²) >= 11 is 0. The molecule has 1 unspecified atom stereocenters. The second-order valence-electron chi connectivity index (χ2n) is 3.77. The van der Waals surface area contributed by atoms with Crippen LogP contribution < -0.4 is 5.32 Å². The molecule has 0 bridgehead atoms. The highest BCUT2D eigenvalue weighted by Gasteiger charge is 2.62. The topological polar surface area (TPSA) is 12.0 Å². The molecule has 0 aromatic carbocycles. The molecule has 1 atom stereocenters. The Hall–Kier alpha value is -0.460. The maximum absolute atomic E-state index is 3.47. The molecule has 1 aliphatic heterocycles. The van der Waals surface area contributed by atoms with Crippen molar-refractivity contribution in [2.45, 2.75) is 32.2 Å². The summed E-state index contributed by atoms with van der Waals surface area (Å²) in [6, 6.07) is 0.845. The lowest BCUT2D eigenvalue weighted by Gasteiger charge is -2.50. The summed E-state index contributed by atoms with van der Waals surface area (Å²) in [5, 5.41) is 3.47. The lowest BCUT2D eigenvalue weighted by Crippen LogP contribution is -2.56. The molecule has 2 fully saturated rings. The third-order valence-electron chi connectivity index (χ3n) is 3.24. The minimum absolute atomic E-state index is 0.800. The average molecular weight is 121 g/mol. The zero-order valence-corrected chi connectivity index (χ0v) is 5.70. The summed E-state index contributed by atoms with van der Waals surface area (Å²) in [4.78, 5) is 0. The quantitative estimate of drug-likeness (QED) is 0.511. The van der Waals surface area contributed by atoms with E-state index in [0.717, 1.165) is 11.5 Å². The lowest BCUT2D eigenvalue weighted by molar-refractivity contribution is 0.242. The standard InChI is InChI=1S/C8H11N/c1-5-6-4-8(2-3-8)7(6)9-5/h7,9H,2-4H2,1H3. The van der Waals surface area contributed by atoms with Crippen molar-refractivity contribution in [3.63, 3.8) is 0 Å². The fourth-order valence-corrected chi connectivity index (χ4v) is 2.27. The Morgan fingerprint density at radius 1 is 1.56 bits per heavy atom. The molecule has 2 aliphatic carbocycles. The van der Waals surface area contributed by atoms with Gasteiger partial charge in [-0.3, -0.25) is 0 Å². The van der Waals surface area contributed by atoms with Crippen molar-refractivity contribution in [1.82, 2.24) is 5.32 Å². The van der Waals surface area contributed by atoms with Gasteiger partial charge in [-0.15, -0.1) is 0 Å². The van der Waals surface area contributed by atoms with Gasteiger partial charge in [0.25, 0.3) is 0 Å². The van der Waals surface area contributed by atoms with Crippen LogP contribution in [0.1, 0.15) is 26.2 Å². The molecule has 0 amide bonds. The van der Waals surface area contributed by atoms with E-state index in [0.29, 0.717) is 0 Å². The summed E-state index contributed by atoms with van der Waals surface area (Å²) in [7, 11) is 0. The van der Waals surface area contributed by atoms with Crippen LogP contribution in [0, 0.1) is 5.41 Å². The largest absolute Gasteiger partial charge is 0.381 e. The van der Waals surface area contributed by atoms with E-state index < -0.39 is 0 Å². The van der Waals surface area contributed by atoms with Crippen molar-refractivity contribution in [2.75, 3.05) is 0 Å². The summed E-state index contributed by atoms with van der Waals surface area (Å²) in [6.45, 7) is 2.20. The van der Waals surface area contributed by atoms with Gasteiger partial charge in [-0.1, -0.05) is 0 Å². The molecule has 0 radical (unpaired) electrons. The van der Waals surface area contributed by atoms with Crippen molar-refractivity contribution in [3.8, 4) is 0 Å². The number of allylic oxidation sites excluding steroid dienone is 1. The van der Waals surface area contributed by atoms with E-state index in [9.17, 15) is 0 Å². The Kier molecular flexibility index (Phi) is 0.456. The molecular formula is C8H11N. The van der Waals surface area contributed by atoms with E-state index in [4.69, 9.17) is 0 Å². The predicted molar refractivity (Wildman–Crippen MR) is 35.9 cm³/mol. The SMILES string of the molecule is CC1=C2CC3(CC3)C2N1. The van der Waals surface area contributed by atoms with E-state index in [1.807, 2.05) is 0 Å². The van der Waals surface area contributed by atoms with Crippen LogP contribution in [0.3, 0.4) is 0 Å². The van der Waals surface area contributed by atoms with Gasteiger partial charge in [-0.2, -0.15) is 0 Å². The van der Waals surface area contributed by atoms with Gasteiger partial charge in [-0.05, 0) is 37.2 Å².